The van der Waals surface area contributed by atoms with Crippen LogP contribution in [0.15, 0.2) is 30.6 Å². The zero-order chi connectivity index (χ0) is 36.4. The molecule has 16 heteroatoms. The second kappa shape index (κ2) is 17.7. The smallest absolute Gasteiger partial charge is 0.351 e. The molecule has 1 saturated heterocycles. The maximum Gasteiger partial charge on any atom is 0.351 e. The van der Waals surface area contributed by atoms with Crippen molar-refractivity contribution >= 4 is 39.0 Å². The van der Waals surface area contributed by atoms with Gasteiger partial charge in [-0.2, -0.15) is 8.78 Å². The van der Waals surface area contributed by atoms with Crippen molar-refractivity contribution in [3.8, 4) is 6.01 Å². The van der Waals surface area contributed by atoms with E-state index in [1.165, 1.54) is 19.2 Å². The summed E-state index contributed by atoms with van der Waals surface area (Å²) in [4.78, 5) is 65.8. The summed E-state index contributed by atoms with van der Waals surface area (Å²) in [6.07, 6.45) is 6.74. The lowest BCUT2D eigenvalue weighted by Crippen LogP contribution is -2.55. The van der Waals surface area contributed by atoms with Gasteiger partial charge in [0, 0.05) is 50.9 Å². The number of carbonyl (C=O) groups excluding carboxylic acids is 4. The van der Waals surface area contributed by atoms with E-state index < -0.39 is 56.3 Å². The number of nitrogens with zero attached hydrogens (tertiary/aromatic N) is 4. The number of ether oxygens (including phenoxy) is 1. The number of alkyl halides is 2. The molecule has 50 heavy (non-hydrogen) atoms. The summed E-state index contributed by atoms with van der Waals surface area (Å²) in [6.45, 7) is 5.84. The van der Waals surface area contributed by atoms with Gasteiger partial charge >= 0.3 is 11.9 Å². The highest BCUT2D eigenvalue weighted by molar-refractivity contribution is 6.46. The Balaban J connectivity index is 1.49. The highest BCUT2D eigenvalue weighted by Crippen LogP contribution is 2.34. The third-order valence-corrected chi connectivity index (χ3v) is 10.9. The van der Waals surface area contributed by atoms with Gasteiger partial charge in [0.2, 0.25) is 17.7 Å². The van der Waals surface area contributed by atoms with Gasteiger partial charge < -0.3 is 30.2 Å². The molecule has 4 amide bonds. The van der Waals surface area contributed by atoms with Crippen molar-refractivity contribution in [2.45, 2.75) is 82.2 Å². The highest BCUT2D eigenvalue weighted by atomic mass is 28.2. The summed E-state index contributed by atoms with van der Waals surface area (Å²) in [5.74, 6) is -8.27. The van der Waals surface area contributed by atoms with E-state index in [9.17, 15) is 19.2 Å². The van der Waals surface area contributed by atoms with Gasteiger partial charge in [0.05, 0.1) is 23.9 Å². The zero-order valence-corrected chi connectivity index (χ0v) is 29.9. The van der Waals surface area contributed by atoms with Crippen LogP contribution in [0.5, 0.6) is 6.01 Å². The minimum Gasteiger partial charge on any atom is -0.467 e. The monoisotopic (exact) mass is 717 g/mol. The number of benzene rings is 1. The van der Waals surface area contributed by atoms with Crippen molar-refractivity contribution in [3.05, 3.63) is 47.5 Å². The van der Waals surface area contributed by atoms with Crippen molar-refractivity contribution in [1.82, 2.24) is 30.1 Å². The molecule has 2 heterocycles. The van der Waals surface area contributed by atoms with Gasteiger partial charge in [-0.1, -0.05) is 45.6 Å². The Kier molecular flexibility index (Phi) is 13.7. The van der Waals surface area contributed by atoms with Crippen LogP contribution >= 0.6 is 0 Å². The molecule has 272 valence electrons. The van der Waals surface area contributed by atoms with E-state index in [1.807, 2.05) is 7.05 Å². The number of amides is 4. The standard InChI is InChI=1S/C34H46F3N7O5Si/c1-5-27(45)41-28(31(47)44-16-14-43(3)15-17-44)21(2)23-12-13-26(25(35)18-23)40-30(46)29(22-10-8-6-7-9-11-22)50-42-32(48)34(36,37)24-19-38-33(49-4)39-20-24/h12-13,18-22,28-29H,5-11,14-17H2,1-4H3,(H,40,46)(H,41,45)(H,42,48)/t21-,28+,29-/m0/s1. The molecule has 0 spiro atoms. The second-order valence-corrected chi connectivity index (χ2v) is 14.1. The van der Waals surface area contributed by atoms with Crippen molar-refractivity contribution in [3.63, 3.8) is 0 Å². The first-order chi connectivity index (χ1) is 23.8. The molecule has 4 rings (SSSR count). The lowest BCUT2D eigenvalue weighted by molar-refractivity contribution is -0.145. The maximum atomic E-state index is 15.7. The quantitative estimate of drug-likeness (QED) is 0.211. The Labute approximate surface area is 293 Å². The molecule has 2 aromatic rings. The summed E-state index contributed by atoms with van der Waals surface area (Å²) < 4.78 is 50.5. The van der Waals surface area contributed by atoms with E-state index in [-0.39, 0.29) is 35.9 Å². The van der Waals surface area contributed by atoms with Crippen LogP contribution in [-0.4, -0.2) is 99.5 Å². The number of piperazine rings is 1. The fourth-order valence-electron chi connectivity index (χ4n) is 6.20. The van der Waals surface area contributed by atoms with Crippen molar-refractivity contribution in [1.29, 1.82) is 0 Å². The fourth-order valence-corrected chi connectivity index (χ4v) is 7.41. The van der Waals surface area contributed by atoms with Crippen LogP contribution in [0.25, 0.3) is 0 Å². The van der Waals surface area contributed by atoms with E-state index in [0.717, 1.165) is 38.1 Å². The number of hydrogen-bond donors (Lipinski definition) is 3. The lowest BCUT2D eigenvalue weighted by atomic mass is 9.91. The van der Waals surface area contributed by atoms with E-state index in [0.29, 0.717) is 44.6 Å². The Hall–Kier alpha value is -4.05. The third-order valence-electron chi connectivity index (χ3n) is 9.45. The summed E-state index contributed by atoms with van der Waals surface area (Å²) in [6, 6.07) is 3.16. The lowest BCUT2D eigenvalue weighted by Gasteiger charge is -2.36. The Morgan fingerprint density at radius 3 is 2.26 bits per heavy atom. The Morgan fingerprint density at radius 2 is 1.68 bits per heavy atom. The molecule has 0 bridgehead atoms. The van der Waals surface area contributed by atoms with E-state index in [2.05, 4.69) is 30.5 Å². The Bertz CT molecular complexity index is 1490. The first kappa shape index (κ1) is 38.7. The minimum absolute atomic E-state index is 0.124. The number of aromatic nitrogens is 2. The zero-order valence-electron chi connectivity index (χ0n) is 28.9. The molecule has 1 saturated carbocycles. The van der Waals surface area contributed by atoms with E-state index in [4.69, 9.17) is 4.74 Å². The molecule has 3 N–H and O–H groups in total. The number of hydrogen-bond acceptors (Lipinski definition) is 8. The van der Waals surface area contributed by atoms with Gasteiger partial charge in [0.25, 0.3) is 5.91 Å². The number of nitrogens with one attached hydrogen (secondary N) is 3. The van der Waals surface area contributed by atoms with Crippen LogP contribution in [0.1, 0.15) is 75.8 Å². The molecule has 2 aliphatic rings. The first-order valence-corrected chi connectivity index (χ1v) is 18.1. The Morgan fingerprint density at radius 1 is 1.04 bits per heavy atom. The molecule has 1 aromatic carbocycles. The van der Waals surface area contributed by atoms with Crippen LogP contribution in [0.3, 0.4) is 0 Å². The van der Waals surface area contributed by atoms with Crippen LogP contribution in [0, 0.1) is 11.7 Å². The average Bonchev–Trinajstić information content (AvgIpc) is 3.40. The summed E-state index contributed by atoms with van der Waals surface area (Å²) in [5, 5.41) is 5.43. The minimum atomic E-state index is -3.97. The summed E-state index contributed by atoms with van der Waals surface area (Å²) in [7, 11) is 2.55. The molecular formula is C34H46F3N7O5Si. The fraction of sp³-hybridized carbons (Fsp3) is 0.588. The molecule has 2 fully saturated rings. The van der Waals surface area contributed by atoms with Crippen molar-refractivity contribution in [2.24, 2.45) is 5.92 Å². The topological polar surface area (TPSA) is 146 Å². The number of likely N-dealkylation sites (N-methyl/N-ethyl adjacent to an activating group) is 1. The molecule has 12 nitrogen and oxygen atoms in total. The number of carbonyl (C=O) groups is 4. The van der Waals surface area contributed by atoms with E-state index >= 15 is 13.2 Å². The predicted molar refractivity (Wildman–Crippen MR) is 181 cm³/mol. The van der Waals surface area contributed by atoms with Gasteiger partial charge in [0.1, 0.15) is 11.9 Å². The summed E-state index contributed by atoms with van der Waals surface area (Å²) >= 11 is 0. The number of anilines is 1. The molecule has 1 aliphatic heterocycles. The van der Waals surface area contributed by atoms with Gasteiger partial charge in [-0.25, -0.2) is 14.4 Å². The molecule has 1 aliphatic carbocycles. The molecule has 1 aromatic heterocycles. The van der Waals surface area contributed by atoms with Crippen LogP contribution < -0.4 is 20.4 Å². The van der Waals surface area contributed by atoms with Crippen LogP contribution in [0.4, 0.5) is 18.9 Å². The normalized spacial score (nSPS) is 17.9. The molecular weight excluding hydrogens is 671 g/mol. The number of rotatable bonds is 13. The predicted octanol–water partition coefficient (Wildman–Crippen LogP) is 3.62. The molecule has 0 unspecified atom stereocenters. The van der Waals surface area contributed by atoms with Gasteiger partial charge in [0.15, 0.2) is 9.68 Å². The van der Waals surface area contributed by atoms with Crippen LogP contribution in [0.2, 0.25) is 5.54 Å². The van der Waals surface area contributed by atoms with Gasteiger partial charge in [-0.3, -0.25) is 19.2 Å². The average molecular weight is 718 g/mol. The number of halogens is 3. The largest absolute Gasteiger partial charge is 0.467 e. The molecule has 3 atom stereocenters. The second-order valence-electron chi connectivity index (χ2n) is 12.9. The van der Waals surface area contributed by atoms with Gasteiger partial charge in [-0.05, 0) is 43.5 Å². The van der Waals surface area contributed by atoms with E-state index in [1.54, 1.807) is 24.8 Å². The SMILES string of the molecule is CCC(=O)N[C@@H](C(=O)N1CCN(C)CC1)[C@@H](C)c1ccc(NC(=O)[C@@H]([Si]NC(=O)C(F)(F)c2cnc(OC)nc2)C2CCCCCC2)c(F)c1. The van der Waals surface area contributed by atoms with Crippen molar-refractivity contribution < 1.29 is 37.1 Å². The maximum absolute atomic E-state index is 15.7. The first-order valence-electron chi connectivity index (χ1n) is 17.0. The highest BCUT2D eigenvalue weighted by Gasteiger charge is 2.43. The molecule has 2 radical (unpaired) electrons. The summed E-state index contributed by atoms with van der Waals surface area (Å²) in [5.41, 5.74) is -1.29. The van der Waals surface area contributed by atoms with Gasteiger partial charge in [-0.15, -0.1) is 0 Å². The van der Waals surface area contributed by atoms with Crippen molar-refractivity contribution in [2.75, 3.05) is 45.7 Å². The van der Waals surface area contributed by atoms with Crippen LogP contribution in [-0.2, 0) is 25.1 Å². The number of methoxy groups -OCH3 is 1. The third kappa shape index (κ3) is 9.80.